The molecule has 0 bridgehead atoms. The molecule has 3 aromatic heterocycles. The van der Waals surface area contributed by atoms with E-state index in [2.05, 4.69) is 9.97 Å². The Morgan fingerprint density at radius 1 is 1.19 bits per heavy atom. The third-order valence-electron chi connectivity index (χ3n) is 4.20. The number of benzene rings is 1. The Morgan fingerprint density at radius 3 is 2.89 bits per heavy atom. The number of carbonyl (C=O) groups excluding carboxylic acids is 1. The van der Waals surface area contributed by atoms with Crippen LogP contribution in [0.15, 0.2) is 53.5 Å². The highest BCUT2D eigenvalue weighted by molar-refractivity contribution is 7.18. The monoisotopic (exact) mass is 379 g/mol. The predicted molar refractivity (Wildman–Crippen MR) is 104 cm³/mol. The van der Waals surface area contributed by atoms with Gasteiger partial charge in [-0.3, -0.25) is 14.0 Å². The molecule has 7 heteroatoms. The summed E-state index contributed by atoms with van der Waals surface area (Å²) in [6.45, 7) is 1.87. The molecule has 0 aliphatic heterocycles. The van der Waals surface area contributed by atoms with Gasteiger partial charge in [0, 0.05) is 18.7 Å². The molecular formula is C20H17N3O3S. The molecule has 0 saturated carbocycles. The van der Waals surface area contributed by atoms with E-state index in [9.17, 15) is 9.59 Å². The third-order valence-corrected chi connectivity index (χ3v) is 5.30. The van der Waals surface area contributed by atoms with Crippen LogP contribution in [-0.2, 0) is 22.6 Å². The summed E-state index contributed by atoms with van der Waals surface area (Å²) < 4.78 is 7.88. The number of ether oxygens (including phenoxy) is 1. The molecule has 0 aliphatic rings. The quantitative estimate of drug-likeness (QED) is 0.498. The average molecular weight is 379 g/mol. The topological polar surface area (TPSA) is 73.6 Å². The van der Waals surface area contributed by atoms with Gasteiger partial charge in [0.1, 0.15) is 12.3 Å². The number of thiazole rings is 1. The Hall–Kier alpha value is -3.06. The summed E-state index contributed by atoms with van der Waals surface area (Å²) in [5.74, 6) is -0.332. The number of hydrogen-bond acceptors (Lipinski definition) is 6. The number of carbonyl (C=O) groups is 1. The maximum Gasteiger partial charge on any atom is 0.306 e. The first kappa shape index (κ1) is 17.4. The van der Waals surface area contributed by atoms with Crippen molar-refractivity contribution in [1.82, 2.24) is 14.4 Å². The van der Waals surface area contributed by atoms with Crippen LogP contribution in [0.25, 0.3) is 15.9 Å². The number of rotatable bonds is 5. The number of pyridine rings is 1. The largest absolute Gasteiger partial charge is 0.459 e. The van der Waals surface area contributed by atoms with Gasteiger partial charge < -0.3 is 4.74 Å². The van der Waals surface area contributed by atoms with Crippen molar-refractivity contribution in [3.63, 3.8) is 0 Å². The molecule has 0 aliphatic carbocycles. The fraction of sp³-hybridized carbons (Fsp3) is 0.200. The van der Waals surface area contributed by atoms with Crippen molar-refractivity contribution in [1.29, 1.82) is 0 Å². The summed E-state index contributed by atoms with van der Waals surface area (Å²) in [5.41, 5.74) is 2.66. The van der Waals surface area contributed by atoms with Crippen LogP contribution in [0.3, 0.4) is 0 Å². The molecule has 4 rings (SSSR count). The number of nitrogens with zero attached hydrogens (tertiary/aromatic N) is 3. The second-order valence-electron chi connectivity index (χ2n) is 6.21. The van der Waals surface area contributed by atoms with Crippen molar-refractivity contribution in [3.8, 4) is 0 Å². The van der Waals surface area contributed by atoms with Crippen molar-refractivity contribution >= 4 is 33.2 Å². The normalized spacial score (nSPS) is 11.1. The molecule has 0 saturated heterocycles. The lowest BCUT2D eigenvalue weighted by Crippen LogP contribution is -2.17. The molecule has 0 unspecified atom stereocenters. The molecule has 0 spiro atoms. The van der Waals surface area contributed by atoms with Gasteiger partial charge in [-0.05, 0) is 30.7 Å². The van der Waals surface area contributed by atoms with Gasteiger partial charge in [0.2, 0.25) is 0 Å². The molecule has 1 aromatic carbocycles. The van der Waals surface area contributed by atoms with Crippen molar-refractivity contribution in [2.75, 3.05) is 0 Å². The van der Waals surface area contributed by atoms with Crippen molar-refractivity contribution < 1.29 is 9.53 Å². The van der Waals surface area contributed by atoms with Crippen molar-refractivity contribution in [2.24, 2.45) is 0 Å². The van der Waals surface area contributed by atoms with E-state index in [1.165, 1.54) is 10.5 Å². The summed E-state index contributed by atoms with van der Waals surface area (Å²) >= 11 is 1.58. The van der Waals surface area contributed by atoms with Gasteiger partial charge in [-0.15, -0.1) is 11.3 Å². The van der Waals surface area contributed by atoms with Crippen LogP contribution in [-0.4, -0.2) is 20.3 Å². The highest BCUT2D eigenvalue weighted by atomic mass is 32.1. The smallest absolute Gasteiger partial charge is 0.306 e. The summed E-state index contributed by atoms with van der Waals surface area (Å²) in [4.78, 5) is 33.2. The number of esters is 1. The van der Waals surface area contributed by atoms with E-state index < -0.39 is 0 Å². The van der Waals surface area contributed by atoms with E-state index in [1.54, 1.807) is 23.6 Å². The molecule has 136 valence electrons. The standard InChI is InChI=1S/C20H17N3O3S/c1-13-5-4-10-23-18(24)11-14(21-20(13)23)12-26-19(25)9-8-17-22-15-6-2-3-7-16(15)27-17/h2-7,10-11H,8-9,12H2,1H3. The minimum absolute atomic E-state index is 0.0151. The number of aryl methyl sites for hydroxylation is 2. The number of para-hydroxylation sites is 1. The summed E-state index contributed by atoms with van der Waals surface area (Å²) in [7, 11) is 0. The fourth-order valence-corrected chi connectivity index (χ4v) is 3.81. The Balaban J connectivity index is 1.39. The molecule has 6 nitrogen and oxygen atoms in total. The first-order valence-electron chi connectivity index (χ1n) is 8.58. The Labute approximate surface area is 159 Å². The SMILES string of the molecule is Cc1cccn2c(=O)cc(COC(=O)CCc3nc4ccccc4s3)nc12. The lowest BCUT2D eigenvalue weighted by molar-refractivity contribution is -0.145. The van der Waals surface area contributed by atoms with Crippen LogP contribution in [0, 0.1) is 6.92 Å². The maximum absolute atomic E-state index is 12.2. The highest BCUT2D eigenvalue weighted by Crippen LogP contribution is 2.22. The average Bonchev–Trinajstić information content (AvgIpc) is 3.08. The lowest BCUT2D eigenvalue weighted by atomic mass is 10.3. The Kier molecular flexibility index (Phi) is 4.68. The lowest BCUT2D eigenvalue weighted by Gasteiger charge is -2.07. The summed E-state index contributed by atoms with van der Waals surface area (Å²) in [6.07, 6.45) is 2.45. The van der Waals surface area contributed by atoms with Gasteiger partial charge in [-0.1, -0.05) is 18.2 Å². The van der Waals surface area contributed by atoms with Crippen LogP contribution in [0.5, 0.6) is 0 Å². The highest BCUT2D eigenvalue weighted by Gasteiger charge is 2.10. The van der Waals surface area contributed by atoms with E-state index in [4.69, 9.17) is 4.74 Å². The molecule has 0 N–H and O–H groups in total. The Morgan fingerprint density at radius 2 is 2.04 bits per heavy atom. The zero-order chi connectivity index (χ0) is 18.8. The minimum Gasteiger partial charge on any atom is -0.459 e. The number of hydrogen-bond donors (Lipinski definition) is 0. The molecular weight excluding hydrogens is 362 g/mol. The van der Waals surface area contributed by atoms with Gasteiger partial charge in [-0.2, -0.15) is 0 Å². The van der Waals surface area contributed by atoms with E-state index in [0.29, 0.717) is 17.8 Å². The first-order chi connectivity index (χ1) is 13.1. The molecule has 0 atom stereocenters. The van der Waals surface area contributed by atoms with Crippen LogP contribution < -0.4 is 5.56 Å². The van der Waals surface area contributed by atoms with Crippen LogP contribution in [0.1, 0.15) is 22.7 Å². The van der Waals surface area contributed by atoms with E-state index in [0.717, 1.165) is 20.8 Å². The first-order valence-corrected chi connectivity index (χ1v) is 9.40. The van der Waals surface area contributed by atoms with Gasteiger partial charge in [0.05, 0.1) is 27.3 Å². The second-order valence-corrected chi connectivity index (χ2v) is 7.32. The van der Waals surface area contributed by atoms with Crippen LogP contribution in [0.2, 0.25) is 0 Å². The van der Waals surface area contributed by atoms with Crippen LogP contribution >= 0.6 is 11.3 Å². The predicted octanol–water partition coefficient (Wildman–Crippen LogP) is 3.29. The summed E-state index contributed by atoms with van der Waals surface area (Å²) in [5, 5.41) is 0.908. The molecule has 0 fully saturated rings. The fourth-order valence-electron chi connectivity index (χ4n) is 2.85. The number of fused-ring (bicyclic) bond motifs is 2. The van der Waals surface area contributed by atoms with E-state index in [-0.39, 0.29) is 24.6 Å². The molecule has 4 aromatic rings. The van der Waals surface area contributed by atoms with Gasteiger partial charge in [0.15, 0.2) is 0 Å². The molecule has 3 heterocycles. The van der Waals surface area contributed by atoms with E-state index >= 15 is 0 Å². The number of aromatic nitrogens is 3. The molecule has 27 heavy (non-hydrogen) atoms. The van der Waals surface area contributed by atoms with Gasteiger partial charge in [-0.25, -0.2) is 9.97 Å². The zero-order valence-corrected chi connectivity index (χ0v) is 15.5. The van der Waals surface area contributed by atoms with Gasteiger partial charge >= 0.3 is 5.97 Å². The second kappa shape index (κ2) is 7.28. The van der Waals surface area contributed by atoms with Crippen molar-refractivity contribution in [2.45, 2.75) is 26.4 Å². The minimum atomic E-state index is -0.332. The summed E-state index contributed by atoms with van der Waals surface area (Å²) in [6, 6.07) is 13.0. The van der Waals surface area contributed by atoms with Crippen molar-refractivity contribution in [3.05, 3.63) is 75.3 Å². The van der Waals surface area contributed by atoms with Gasteiger partial charge in [0.25, 0.3) is 5.56 Å². The molecule has 0 radical (unpaired) electrons. The maximum atomic E-state index is 12.2. The van der Waals surface area contributed by atoms with E-state index in [1.807, 2.05) is 37.3 Å². The van der Waals surface area contributed by atoms with Crippen LogP contribution in [0.4, 0.5) is 0 Å². The Bertz CT molecular complexity index is 1160. The molecule has 0 amide bonds. The third kappa shape index (κ3) is 3.73. The zero-order valence-electron chi connectivity index (χ0n) is 14.7.